The fourth-order valence-electron chi connectivity index (χ4n) is 2.23. The van der Waals surface area contributed by atoms with Gasteiger partial charge in [0.15, 0.2) is 5.96 Å². The van der Waals surface area contributed by atoms with Gasteiger partial charge in [0, 0.05) is 25.7 Å². The number of ether oxygens (including phenoxy) is 1. The van der Waals surface area contributed by atoms with Crippen LogP contribution in [0.2, 0.25) is 0 Å². The lowest BCUT2D eigenvalue weighted by Crippen LogP contribution is -2.45. The van der Waals surface area contributed by atoms with Gasteiger partial charge < -0.3 is 15.4 Å². The molecule has 7 nitrogen and oxygen atoms in total. The van der Waals surface area contributed by atoms with Gasteiger partial charge in [-0.3, -0.25) is 0 Å². The van der Waals surface area contributed by atoms with Crippen molar-refractivity contribution in [1.82, 2.24) is 15.4 Å². The van der Waals surface area contributed by atoms with E-state index < -0.39 is 15.6 Å². The maximum atomic E-state index is 12.7. The summed E-state index contributed by atoms with van der Waals surface area (Å²) in [6.07, 6.45) is 0. The molecule has 0 aliphatic heterocycles. The Morgan fingerprint density at radius 2 is 1.74 bits per heavy atom. The number of hydrogen-bond acceptors (Lipinski definition) is 4. The molecule has 8 heteroatoms. The number of sulfonamides is 1. The number of aliphatic imine (C=N–C) groups is 1. The third-order valence-electron chi connectivity index (χ3n) is 3.69. The molecule has 0 heterocycles. The predicted octanol–water partition coefficient (Wildman–Crippen LogP) is 2.24. The molecule has 0 bridgehead atoms. The second kappa shape index (κ2) is 9.52. The van der Waals surface area contributed by atoms with Gasteiger partial charge in [-0.25, -0.2) is 18.1 Å². The quantitative estimate of drug-likeness (QED) is 0.461. The molecule has 0 atom stereocenters. The highest BCUT2D eigenvalue weighted by atomic mass is 32.2. The number of guanidine groups is 1. The van der Waals surface area contributed by atoms with E-state index in [0.29, 0.717) is 24.6 Å². The van der Waals surface area contributed by atoms with Crippen molar-refractivity contribution in [3.63, 3.8) is 0 Å². The van der Waals surface area contributed by atoms with Crippen molar-refractivity contribution in [2.24, 2.45) is 4.99 Å². The van der Waals surface area contributed by atoms with Crippen molar-refractivity contribution in [2.45, 2.75) is 64.1 Å². The van der Waals surface area contributed by atoms with Gasteiger partial charge >= 0.3 is 0 Å². The van der Waals surface area contributed by atoms with Gasteiger partial charge in [0.1, 0.15) is 0 Å². The minimum absolute atomic E-state index is 0.240. The van der Waals surface area contributed by atoms with Crippen LogP contribution in [0.25, 0.3) is 0 Å². The van der Waals surface area contributed by atoms with Crippen molar-refractivity contribution in [2.75, 3.05) is 20.2 Å². The number of methoxy groups -OCH3 is 1. The van der Waals surface area contributed by atoms with Crippen LogP contribution in [0.5, 0.6) is 0 Å². The molecule has 3 N–H and O–H groups in total. The Kier molecular flexibility index (Phi) is 8.25. The monoisotopic (exact) mass is 398 g/mol. The first kappa shape index (κ1) is 23.4. The maximum absolute atomic E-state index is 12.7. The fourth-order valence-corrected chi connectivity index (χ4v) is 3.88. The summed E-state index contributed by atoms with van der Waals surface area (Å²) in [5.74, 6) is 0.610. The minimum Gasteiger partial charge on any atom is -0.377 e. The number of hydrogen-bond donors (Lipinski definition) is 3. The maximum Gasteiger partial charge on any atom is 0.241 e. The highest BCUT2D eigenvalue weighted by Gasteiger charge is 2.24. The fraction of sp³-hybridized carbons (Fsp3) is 0.632. The lowest BCUT2D eigenvalue weighted by atomic mass is 10.1. The summed E-state index contributed by atoms with van der Waals surface area (Å²) in [5, 5.41) is 6.39. The summed E-state index contributed by atoms with van der Waals surface area (Å²) < 4.78 is 33.6. The van der Waals surface area contributed by atoms with Gasteiger partial charge in [0.25, 0.3) is 0 Å². The number of nitrogens with zero attached hydrogens (tertiary/aromatic N) is 1. The van der Waals surface area contributed by atoms with Crippen LogP contribution in [0.3, 0.4) is 0 Å². The van der Waals surface area contributed by atoms with Crippen LogP contribution in [0.15, 0.2) is 34.2 Å². The lowest BCUT2D eigenvalue weighted by Gasteiger charge is -2.24. The molecule has 0 fully saturated rings. The van der Waals surface area contributed by atoms with E-state index >= 15 is 0 Å². The van der Waals surface area contributed by atoms with Crippen LogP contribution >= 0.6 is 0 Å². The Balaban J connectivity index is 3.04. The van der Waals surface area contributed by atoms with E-state index in [0.717, 1.165) is 0 Å². The first-order valence-corrected chi connectivity index (χ1v) is 10.6. The van der Waals surface area contributed by atoms with Gasteiger partial charge in [-0.2, -0.15) is 0 Å². The van der Waals surface area contributed by atoms with E-state index in [1.54, 1.807) is 25.3 Å². The average molecular weight is 399 g/mol. The molecule has 0 aliphatic carbocycles. The molecule has 0 saturated heterocycles. The van der Waals surface area contributed by atoms with Gasteiger partial charge in [-0.1, -0.05) is 18.2 Å². The smallest absolute Gasteiger partial charge is 0.241 e. The summed E-state index contributed by atoms with van der Waals surface area (Å²) in [6.45, 7) is 12.9. The first-order chi connectivity index (χ1) is 12.4. The topological polar surface area (TPSA) is 91.8 Å². The molecule has 0 radical (unpaired) electrons. The van der Waals surface area contributed by atoms with Crippen LogP contribution < -0.4 is 15.4 Å². The number of rotatable bonds is 8. The number of benzene rings is 1. The van der Waals surface area contributed by atoms with E-state index in [1.807, 2.05) is 47.6 Å². The van der Waals surface area contributed by atoms with Crippen molar-refractivity contribution >= 4 is 16.0 Å². The van der Waals surface area contributed by atoms with Crippen molar-refractivity contribution < 1.29 is 13.2 Å². The van der Waals surface area contributed by atoms with E-state index in [1.165, 1.54) is 0 Å². The van der Waals surface area contributed by atoms with E-state index in [-0.39, 0.29) is 17.0 Å². The summed E-state index contributed by atoms with van der Waals surface area (Å²) in [6, 6.07) is 6.92. The molecular formula is C19H34N4O3S. The van der Waals surface area contributed by atoms with Crippen molar-refractivity contribution in [3.8, 4) is 0 Å². The highest BCUT2D eigenvalue weighted by molar-refractivity contribution is 7.89. The van der Waals surface area contributed by atoms with Crippen molar-refractivity contribution in [1.29, 1.82) is 0 Å². The molecule has 0 saturated carbocycles. The van der Waals surface area contributed by atoms with Gasteiger partial charge in [-0.15, -0.1) is 0 Å². The zero-order chi connectivity index (χ0) is 20.7. The number of nitrogens with one attached hydrogen (secondary N) is 3. The molecule has 27 heavy (non-hydrogen) atoms. The Hall–Kier alpha value is -1.64. The second-order valence-corrected chi connectivity index (χ2v) is 9.63. The Morgan fingerprint density at radius 3 is 2.30 bits per heavy atom. The van der Waals surface area contributed by atoms with E-state index in [4.69, 9.17) is 4.74 Å². The molecule has 1 aromatic carbocycles. The first-order valence-electron chi connectivity index (χ1n) is 9.09. The Bertz CT molecular complexity index is 738. The van der Waals surface area contributed by atoms with E-state index in [2.05, 4.69) is 20.3 Å². The average Bonchev–Trinajstić information content (AvgIpc) is 2.55. The normalized spacial score (nSPS) is 13.5. The molecule has 1 aromatic rings. The van der Waals surface area contributed by atoms with Crippen LogP contribution in [0.1, 0.15) is 47.1 Å². The summed E-state index contributed by atoms with van der Waals surface area (Å²) in [4.78, 5) is 4.79. The standard InChI is InChI=1S/C19H34N4O3S/c1-8-20-17(22-14-19(5,6)26-7)21-13-15-11-9-10-12-16(15)27(24,25)23-18(2,3)4/h9-12,23H,8,13-14H2,1-7H3,(H2,20,21,22). The van der Waals surface area contributed by atoms with Crippen molar-refractivity contribution in [3.05, 3.63) is 29.8 Å². The van der Waals surface area contributed by atoms with Crippen LogP contribution in [-0.4, -0.2) is 45.7 Å². The molecule has 0 unspecified atom stereocenters. The molecule has 0 amide bonds. The van der Waals surface area contributed by atoms with Gasteiger partial charge in [0.05, 0.1) is 17.0 Å². The minimum atomic E-state index is -3.63. The van der Waals surface area contributed by atoms with Crippen LogP contribution in [0, 0.1) is 0 Å². The zero-order valence-corrected chi connectivity index (χ0v) is 18.3. The molecule has 0 spiro atoms. The van der Waals surface area contributed by atoms with E-state index in [9.17, 15) is 8.42 Å². The molecular weight excluding hydrogens is 364 g/mol. The lowest BCUT2D eigenvalue weighted by molar-refractivity contribution is 0.0268. The SMILES string of the molecule is CCNC(=NCc1ccccc1S(=O)(=O)NC(C)(C)C)NCC(C)(C)OC. The second-order valence-electron chi connectivity index (χ2n) is 7.98. The molecule has 0 aromatic heterocycles. The third kappa shape index (κ3) is 8.28. The molecule has 154 valence electrons. The zero-order valence-electron chi connectivity index (χ0n) is 17.5. The largest absolute Gasteiger partial charge is 0.377 e. The summed E-state index contributed by atoms with van der Waals surface area (Å²) in [7, 11) is -1.97. The predicted molar refractivity (Wildman–Crippen MR) is 110 cm³/mol. The van der Waals surface area contributed by atoms with Gasteiger partial charge in [0.2, 0.25) is 10.0 Å². The molecule has 0 aliphatic rings. The Morgan fingerprint density at radius 1 is 1.11 bits per heavy atom. The third-order valence-corrected chi connectivity index (χ3v) is 5.55. The van der Waals surface area contributed by atoms with Crippen LogP contribution in [-0.2, 0) is 21.3 Å². The van der Waals surface area contributed by atoms with Gasteiger partial charge in [-0.05, 0) is 53.2 Å². The Labute approximate surface area is 164 Å². The highest BCUT2D eigenvalue weighted by Crippen LogP contribution is 2.18. The van der Waals surface area contributed by atoms with Crippen LogP contribution in [0.4, 0.5) is 0 Å². The summed E-state index contributed by atoms with van der Waals surface area (Å²) in [5.41, 5.74) is -0.261. The molecule has 1 rings (SSSR count). The summed E-state index contributed by atoms with van der Waals surface area (Å²) >= 11 is 0.